The summed E-state index contributed by atoms with van der Waals surface area (Å²) in [5.74, 6) is -2.51. The minimum absolute atomic E-state index is 0.0187. The second kappa shape index (κ2) is 12.7. The topological polar surface area (TPSA) is 44.8 Å². The van der Waals surface area contributed by atoms with E-state index in [9.17, 15) is 18.0 Å². The van der Waals surface area contributed by atoms with Crippen LogP contribution in [0.15, 0.2) is 67.3 Å². The molecule has 0 heterocycles. The Hall–Kier alpha value is -3.74. The zero-order valence-electron chi connectivity index (χ0n) is 21.4. The van der Waals surface area contributed by atoms with Crippen molar-refractivity contribution in [3.05, 3.63) is 95.8 Å². The highest BCUT2D eigenvalue weighted by molar-refractivity contribution is 5.90. The molecule has 4 rings (SSSR count). The molecule has 0 aromatic heterocycles. The van der Waals surface area contributed by atoms with Gasteiger partial charge in [-0.3, -0.25) is 0 Å². The summed E-state index contributed by atoms with van der Waals surface area (Å²) in [5.41, 5.74) is 0.662. The summed E-state index contributed by atoms with van der Waals surface area (Å²) in [7, 11) is 0. The summed E-state index contributed by atoms with van der Waals surface area (Å²) >= 11 is 0. The lowest BCUT2D eigenvalue weighted by molar-refractivity contribution is 0.0188. The number of rotatable bonds is 10. The standard InChI is InChI=1S/C31H31F3O4/c1-3-5-18-37-24-14-15-25(28(32)19-24)20-8-12-23(13-9-20)38-31(35)27-17-16-26(29(33)30(27)34)21-6-10-22(11-7-21)36-4-2/h3,6-7,10-11,14-17,19-20,23H,1,4-5,8-9,12-13,18H2,2H3. The molecule has 0 amide bonds. The van der Waals surface area contributed by atoms with Crippen LogP contribution in [0.25, 0.3) is 11.1 Å². The van der Waals surface area contributed by atoms with E-state index >= 15 is 0 Å². The zero-order valence-corrected chi connectivity index (χ0v) is 21.4. The van der Waals surface area contributed by atoms with Gasteiger partial charge in [-0.15, -0.1) is 6.58 Å². The van der Waals surface area contributed by atoms with E-state index in [1.165, 1.54) is 18.2 Å². The highest BCUT2D eigenvalue weighted by atomic mass is 19.2. The minimum Gasteiger partial charge on any atom is -0.494 e. The van der Waals surface area contributed by atoms with E-state index in [2.05, 4.69) is 6.58 Å². The van der Waals surface area contributed by atoms with Crippen LogP contribution in [0.1, 0.15) is 60.9 Å². The Morgan fingerprint density at radius 1 is 0.921 bits per heavy atom. The van der Waals surface area contributed by atoms with Gasteiger partial charge >= 0.3 is 5.97 Å². The summed E-state index contributed by atoms with van der Waals surface area (Å²) in [6, 6.07) is 14.1. The van der Waals surface area contributed by atoms with Crippen molar-refractivity contribution in [1.82, 2.24) is 0 Å². The smallest absolute Gasteiger partial charge is 0.341 e. The molecule has 200 valence electrons. The SMILES string of the molecule is C=CCCOc1ccc(C2CCC(OC(=O)c3ccc(-c4ccc(OCC)cc4)c(F)c3F)CC2)c(F)c1. The highest BCUT2D eigenvalue weighted by Crippen LogP contribution is 2.37. The third-order valence-corrected chi connectivity index (χ3v) is 6.73. The fraction of sp³-hybridized carbons (Fsp3) is 0.323. The van der Waals surface area contributed by atoms with Crippen molar-refractivity contribution in [3.8, 4) is 22.6 Å². The second-order valence-electron chi connectivity index (χ2n) is 9.23. The number of carbonyl (C=O) groups is 1. The van der Waals surface area contributed by atoms with E-state index in [0.717, 1.165) is 0 Å². The predicted octanol–water partition coefficient (Wildman–Crippen LogP) is 8.01. The number of halogens is 3. The van der Waals surface area contributed by atoms with Crippen LogP contribution in [0.2, 0.25) is 0 Å². The normalized spacial score (nSPS) is 17.1. The van der Waals surface area contributed by atoms with Crippen molar-refractivity contribution in [2.45, 2.75) is 51.0 Å². The van der Waals surface area contributed by atoms with Crippen molar-refractivity contribution >= 4 is 5.97 Å². The van der Waals surface area contributed by atoms with Gasteiger partial charge < -0.3 is 14.2 Å². The van der Waals surface area contributed by atoms with Crippen molar-refractivity contribution in [2.75, 3.05) is 13.2 Å². The molecule has 1 saturated carbocycles. The van der Waals surface area contributed by atoms with Crippen LogP contribution >= 0.6 is 0 Å². The molecule has 0 spiro atoms. The monoisotopic (exact) mass is 524 g/mol. The van der Waals surface area contributed by atoms with Crippen molar-refractivity contribution in [1.29, 1.82) is 0 Å². The zero-order chi connectivity index (χ0) is 27.1. The molecule has 0 aliphatic heterocycles. The molecular weight excluding hydrogens is 493 g/mol. The van der Waals surface area contributed by atoms with E-state index in [1.807, 2.05) is 6.92 Å². The highest BCUT2D eigenvalue weighted by Gasteiger charge is 2.28. The first-order valence-electron chi connectivity index (χ1n) is 12.9. The fourth-order valence-electron chi connectivity index (χ4n) is 4.72. The number of hydrogen-bond donors (Lipinski definition) is 0. The molecule has 0 atom stereocenters. The molecule has 0 bridgehead atoms. The minimum atomic E-state index is -1.24. The van der Waals surface area contributed by atoms with Gasteiger partial charge in [-0.25, -0.2) is 18.0 Å². The summed E-state index contributed by atoms with van der Waals surface area (Å²) in [4.78, 5) is 12.7. The molecule has 1 aliphatic rings. The largest absolute Gasteiger partial charge is 0.494 e. The maximum Gasteiger partial charge on any atom is 0.341 e. The molecule has 3 aromatic carbocycles. The van der Waals surface area contributed by atoms with E-state index in [-0.39, 0.29) is 17.3 Å². The number of carbonyl (C=O) groups excluding carboxylic acids is 1. The lowest BCUT2D eigenvalue weighted by atomic mass is 9.82. The lowest BCUT2D eigenvalue weighted by Gasteiger charge is -2.29. The Bertz CT molecular complexity index is 1260. The molecule has 4 nitrogen and oxygen atoms in total. The lowest BCUT2D eigenvalue weighted by Crippen LogP contribution is -2.25. The Labute approximate surface area is 221 Å². The number of benzene rings is 3. The van der Waals surface area contributed by atoms with Crippen LogP contribution in [0, 0.1) is 17.5 Å². The Morgan fingerprint density at radius 2 is 1.63 bits per heavy atom. The Kier molecular flexibility index (Phi) is 9.10. The van der Waals surface area contributed by atoms with Gasteiger partial charge in [0, 0.05) is 11.6 Å². The molecule has 38 heavy (non-hydrogen) atoms. The van der Waals surface area contributed by atoms with Gasteiger partial charge in [-0.1, -0.05) is 30.3 Å². The maximum absolute atomic E-state index is 14.9. The molecule has 1 fully saturated rings. The van der Waals surface area contributed by atoms with Gasteiger partial charge in [0.15, 0.2) is 11.6 Å². The van der Waals surface area contributed by atoms with Crippen molar-refractivity contribution in [3.63, 3.8) is 0 Å². The first kappa shape index (κ1) is 27.3. The first-order valence-corrected chi connectivity index (χ1v) is 12.9. The predicted molar refractivity (Wildman–Crippen MR) is 140 cm³/mol. The molecule has 0 N–H and O–H groups in total. The maximum atomic E-state index is 14.9. The summed E-state index contributed by atoms with van der Waals surface area (Å²) in [6.07, 6.45) is 4.19. The first-order chi connectivity index (χ1) is 18.4. The third kappa shape index (κ3) is 6.39. The van der Waals surface area contributed by atoms with Gasteiger partial charge in [-0.2, -0.15) is 0 Å². The molecule has 1 aliphatic carbocycles. The molecule has 3 aromatic rings. The van der Waals surface area contributed by atoms with Crippen LogP contribution in [0.4, 0.5) is 13.2 Å². The van der Waals surface area contributed by atoms with Crippen LogP contribution in [-0.2, 0) is 4.74 Å². The van der Waals surface area contributed by atoms with Crippen LogP contribution in [-0.4, -0.2) is 25.3 Å². The number of esters is 1. The molecule has 0 saturated heterocycles. The van der Waals surface area contributed by atoms with Gasteiger partial charge in [0.2, 0.25) is 0 Å². The van der Waals surface area contributed by atoms with Gasteiger partial charge in [0.1, 0.15) is 23.4 Å². The summed E-state index contributed by atoms with van der Waals surface area (Å²) in [5, 5.41) is 0. The average molecular weight is 525 g/mol. The molecule has 7 heteroatoms. The van der Waals surface area contributed by atoms with E-state index in [1.54, 1.807) is 42.5 Å². The average Bonchev–Trinajstić information content (AvgIpc) is 2.92. The number of ether oxygens (including phenoxy) is 3. The molecular formula is C31H31F3O4. The van der Waals surface area contributed by atoms with Crippen molar-refractivity contribution in [2.24, 2.45) is 0 Å². The van der Waals surface area contributed by atoms with Gasteiger partial charge in [0.25, 0.3) is 0 Å². The quantitative estimate of drug-likeness (QED) is 0.153. The van der Waals surface area contributed by atoms with E-state index in [0.29, 0.717) is 67.9 Å². The fourth-order valence-corrected chi connectivity index (χ4v) is 4.72. The van der Waals surface area contributed by atoms with Crippen molar-refractivity contribution < 1.29 is 32.2 Å². The molecule has 0 radical (unpaired) electrons. The summed E-state index contributed by atoms with van der Waals surface area (Å²) < 4.78 is 60.8. The van der Waals surface area contributed by atoms with Gasteiger partial charge in [0.05, 0.1) is 18.8 Å². The second-order valence-corrected chi connectivity index (χ2v) is 9.23. The van der Waals surface area contributed by atoms with Crippen LogP contribution in [0.5, 0.6) is 11.5 Å². The Morgan fingerprint density at radius 3 is 2.29 bits per heavy atom. The molecule has 0 unspecified atom stereocenters. The van der Waals surface area contributed by atoms with Crippen LogP contribution < -0.4 is 9.47 Å². The van der Waals surface area contributed by atoms with Crippen LogP contribution in [0.3, 0.4) is 0 Å². The number of hydrogen-bond acceptors (Lipinski definition) is 4. The van der Waals surface area contributed by atoms with E-state index in [4.69, 9.17) is 14.2 Å². The van der Waals surface area contributed by atoms with Gasteiger partial charge in [-0.05, 0) is 80.3 Å². The van der Waals surface area contributed by atoms with E-state index < -0.39 is 29.3 Å². The Balaban J connectivity index is 1.35. The summed E-state index contributed by atoms with van der Waals surface area (Å²) in [6.45, 7) is 6.42. The third-order valence-electron chi connectivity index (χ3n) is 6.73.